The molecular formula is C40H43ClN4O4S. The van der Waals surface area contributed by atoms with E-state index < -0.39 is 10.0 Å². The number of hydrogen-bond acceptors (Lipinski definition) is 4. The van der Waals surface area contributed by atoms with E-state index in [2.05, 4.69) is 68.9 Å². The Balaban J connectivity index is 0.825. The van der Waals surface area contributed by atoms with E-state index in [1.807, 2.05) is 0 Å². The van der Waals surface area contributed by atoms with E-state index in [1.165, 1.54) is 34.4 Å². The molecule has 4 aromatic carbocycles. The van der Waals surface area contributed by atoms with Gasteiger partial charge in [-0.05, 0) is 59.4 Å². The van der Waals surface area contributed by atoms with Gasteiger partial charge in [0.05, 0.1) is 21.1 Å². The fourth-order valence-corrected chi connectivity index (χ4v) is 8.12. The molecule has 1 aliphatic rings. The molecule has 1 aromatic heterocycles. The van der Waals surface area contributed by atoms with Gasteiger partial charge in [-0.2, -0.15) is 0 Å². The lowest BCUT2D eigenvalue weighted by Crippen LogP contribution is -2.26. The molecule has 1 aliphatic carbocycles. The van der Waals surface area contributed by atoms with Crippen LogP contribution in [0.25, 0.3) is 22.0 Å². The molecule has 0 radical (unpaired) electrons. The average molecular weight is 711 g/mol. The number of halogens is 1. The molecule has 10 heteroatoms. The number of nitrogens with one attached hydrogen (secondary N) is 4. The Bertz CT molecular complexity index is 2030. The maximum absolute atomic E-state index is 13.1. The summed E-state index contributed by atoms with van der Waals surface area (Å²) in [5, 5.41) is 7.26. The van der Waals surface area contributed by atoms with Crippen molar-refractivity contribution in [2.24, 2.45) is 0 Å². The number of carbonyl (C=O) groups is 2. The largest absolute Gasteiger partial charge is 0.358 e. The fraction of sp³-hybridized carbons (Fsp3) is 0.300. The van der Waals surface area contributed by atoms with E-state index in [1.54, 1.807) is 36.5 Å². The van der Waals surface area contributed by atoms with Crippen LogP contribution in [0.15, 0.2) is 102 Å². The molecule has 260 valence electrons. The number of aromatic amines is 1. The number of aromatic nitrogens is 1. The highest BCUT2D eigenvalue weighted by molar-refractivity contribution is 7.92. The molecule has 0 bridgehead atoms. The van der Waals surface area contributed by atoms with Crippen molar-refractivity contribution in [2.45, 2.75) is 68.6 Å². The lowest BCUT2D eigenvalue weighted by atomic mass is 9.93. The van der Waals surface area contributed by atoms with Crippen LogP contribution in [0.4, 0.5) is 5.69 Å². The zero-order valence-electron chi connectivity index (χ0n) is 28.0. The van der Waals surface area contributed by atoms with Crippen molar-refractivity contribution in [3.63, 3.8) is 0 Å². The molecule has 0 saturated heterocycles. The summed E-state index contributed by atoms with van der Waals surface area (Å²) in [5.74, 6) is -0.0764. The number of carbonyl (C=O) groups excluding carboxylic acids is 2. The Hall–Kier alpha value is -4.60. The van der Waals surface area contributed by atoms with Gasteiger partial charge in [-0.25, -0.2) is 8.42 Å². The third-order valence-electron chi connectivity index (χ3n) is 9.38. The summed E-state index contributed by atoms with van der Waals surface area (Å²) >= 11 is 6.18. The minimum absolute atomic E-state index is 0.00331. The molecule has 0 unspecified atom stereocenters. The van der Waals surface area contributed by atoms with Crippen molar-refractivity contribution < 1.29 is 18.0 Å². The molecule has 5 aromatic rings. The number of benzene rings is 4. The van der Waals surface area contributed by atoms with Crippen LogP contribution < -0.4 is 15.4 Å². The van der Waals surface area contributed by atoms with Crippen molar-refractivity contribution in [1.29, 1.82) is 0 Å². The molecule has 0 fully saturated rings. The van der Waals surface area contributed by atoms with Gasteiger partial charge >= 0.3 is 0 Å². The number of fused-ring (bicyclic) bond motifs is 4. The molecule has 0 atom stereocenters. The molecule has 1 heterocycles. The number of sulfonamides is 1. The average Bonchev–Trinajstić information content (AvgIpc) is 3.66. The summed E-state index contributed by atoms with van der Waals surface area (Å²) in [7, 11) is -3.94. The van der Waals surface area contributed by atoms with Gasteiger partial charge in [0.2, 0.25) is 5.91 Å². The van der Waals surface area contributed by atoms with E-state index >= 15 is 0 Å². The number of rotatable bonds is 17. The number of hydrogen-bond donors (Lipinski definition) is 4. The highest BCUT2D eigenvalue weighted by atomic mass is 35.5. The zero-order valence-corrected chi connectivity index (χ0v) is 29.6. The minimum Gasteiger partial charge on any atom is -0.358 e. The third-order valence-corrected chi connectivity index (χ3v) is 11.1. The smallest absolute Gasteiger partial charge is 0.261 e. The Kier molecular flexibility index (Phi) is 11.6. The van der Waals surface area contributed by atoms with Gasteiger partial charge in [0.1, 0.15) is 0 Å². The van der Waals surface area contributed by atoms with Crippen molar-refractivity contribution in [1.82, 2.24) is 15.6 Å². The van der Waals surface area contributed by atoms with Gasteiger partial charge in [0, 0.05) is 42.6 Å². The number of unbranched alkanes of at least 4 members (excludes halogenated alkanes) is 7. The van der Waals surface area contributed by atoms with Crippen LogP contribution in [-0.2, 0) is 14.8 Å². The van der Waals surface area contributed by atoms with E-state index in [-0.39, 0.29) is 22.6 Å². The topological polar surface area (TPSA) is 120 Å². The highest BCUT2D eigenvalue weighted by Crippen LogP contribution is 2.46. The third kappa shape index (κ3) is 8.40. The number of H-pyrrole nitrogens is 1. The van der Waals surface area contributed by atoms with Crippen molar-refractivity contribution in [2.75, 3.05) is 17.8 Å². The second-order valence-electron chi connectivity index (χ2n) is 12.9. The van der Waals surface area contributed by atoms with Crippen LogP contribution >= 0.6 is 11.6 Å². The van der Waals surface area contributed by atoms with Gasteiger partial charge in [0.25, 0.3) is 15.9 Å². The van der Waals surface area contributed by atoms with Crippen LogP contribution in [0.2, 0.25) is 5.02 Å². The lowest BCUT2D eigenvalue weighted by Gasteiger charge is -2.13. The molecule has 4 N–H and O–H groups in total. The maximum Gasteiger partial charge on any atom is 0.261 e. The second kappa shape index (κ2) is 16.4. The number of para-hydroxylation sites is 1. The summed E-state index contributed by atoms with van der Waals surface area (Å²) < 4.78 is 28.9. The lowest BCUT2D eigenvalue weighted by molar-refractivity contribution is -0.121. The Morgan fingerprint density at radius 3 is 1.98 bits per heavy atom. The predicted octanol–water partition coefficient (Wildman–Crippen LogP) is 8.79. The molecule has 0 saturated carbocycles. The van der Waals surface area contributed by atoms with Crippen LogP contribution in [0.5, 0.6) is 0 Å². The Labute approximate surface area is 299 Å². The summed E-state index contributed by atoms with van der Waals surface area (Å²) in [4.78, 5) is 28.6. The van der Waals surface area contributed by atoms with E-state index in [0.29, 0.717) is 46.7 Å². The van der Waals surface area contributed by atoms with Crippen LogP contribution in [0.1, 0.15) is 85.2 Å². The fourth-order valence-electron chi connectivity index (χ4n) is 6.79. The van der Waals surface area contributed by atoms with Crippen molar-refractivity contribution >= 4 is 50.0 Å². The molecule has 2 amide bonds. The molecule has 50 heavy (non-hydrogen) atoms. The quantitative estimate of drug-likeness (QED) is 0.0721. The monoisotopic (exact) mass is 710 g/mol. The summed E-state index contributed by atoms with van der Waals surface area (Å²) in [6, 6.07) is 28.0. The molecule has 0 spiro atoms. The van der Waals surface area contributed by atoms with E-state index in [0.717, 1.165) is 51.4 Å². The Morgan fingerprint density at radius 2 is 1.30 bits per heavy atom. The molecule has 0 aliphatic heterocycles. The van der Waals surface area contributed by atoms with Gasteiger partial charge in [-0.1, -0.05) is 117 Å². The van der Waals surface area contributed by atoms with Gasteiger partial charge in [0.15, 0.2) is 0 Å². The van der Waals surface area contributed by atoms with Gasteiger partial charge in [-0.3, -0.25) is 14.3 Å². The summed E-state index contributed by atoms with van der Waals surface area (Å²) in [6.45, 7) is 1.24. The van der Waals surface area contributed by atoms with Crippen molar-refractivity contribution in [3.8, 4) is 11.1 Å². The standard InChI is InChI=1S/C40H43ClN4O4S/c41-36-27-44-39-34(36)21-14-22-37(39)45-50(48,49)29-16-13-15-28(25-29)40(47)43-24-12-6-4-2-1-3-5-11-23-42-38(46)26-35-32-19-9-7-17-30(32)31-18-8-10-20-33(31)35/h7-10,13-22,25,27,35,44-45H,1-6,11-12,23-24,26H2,(H,42,46)(H,43,47). The predicted molar refractivity (Wildman–Crippen MR) is 201 cm³/mol. The number of anilines is 1. The van der Waals surface area contributed by atoms with Crippen LogP contribution in [-0.4, -0.2) is 38.3 Å². The molecular weight excluding hydrogens is 668 g/mol. The first-order valence-electron chi connectivity index (χ1n) is 17.4. The number of amides is 2. The first-order valence-corrected chi connectivity index (χ1v) is 19.3. The van der Waals surface area contributed by atoms with Crippen LogP contribution in [0, 0.1) is 0 Å². The van der Waals surface area contributed by atoms with E-state index in [4.69, 9.17) is 11.6 Å². The SMILES string of the molecule is O=C(CC1c2ccccc2-c2ccccc21)NCCCCCCCCCCNC(=O)c1cccc(S(=O)(=O)Nc2cccc3c(Cl)c[nH]c23)c1. The molecule has 8 nitrogen and oxygen atoms in total. The zero-order chi connectivity index (χ0) is 34.9. The maximum atomic E-state index is 13.1. The first-order chi connectivity index (χ1) is 24.3. The van der Waals surface area contributed by atoms with E-state index in [9.17, 15) is 18.0 Å². The summed E-state index contributed by atoms with van der Waals surface area (Å²) in [5.41, 5.74) is 6.22. The van der Waals surface area contributed by atoms with Gasteiger partial charge < -0.3 is 15.6 Å². The Morgan fingerprint density at radius 1 is 0.700 bits per heavy atom. The highest BCUT2D eigenvalue weighted by Gasteiger charge is 2.29. The summed E-state index contributed by atoms with van der Waals surface area (Å²) in [6.07, 6.45) is 10.5. The normalized spacial score (nSPS) is 12.4. The van der Waals surface area contributed by atoms with Crippen LogP contribution in [0.3, 0.4) is 0 Å². The van der Waals surface area contributed by atoms with Crippen molar-refractivity contribution in [3.05, 3.63) is 119 Å². The minimum atomic E-state index is -3.94. The van der Waals surface area contributed by atoms with Gasteiger partial charge in [-0.15, -0.1) is 0 Å². The second-order valence-corrected chi connectivity index (χ2v) is 15.0. The first kappa shape index (κ1) is 35.2. The molecule has 6 rings (SSSR count).